The zero-order chi connectivity index (χ0) is 19.1. The molecule has 0 aliphatic carbocycles. The van der Waals surface area contributed by atoms with E-state index in [2.05, 4.69) is 22.9 Å². The lowest BCUT2D eigenvalue weighted by atomic mass is 9.99. The van der Waals surface area contributed by atoms with Crippen LogP contribution in [0.5, 0.6) is 5.75 Å². The number of ether oxygens (including phenoxy) is 1. The highest BCUT2D eigenvalue weighted by atomic mass is 16.5. The second-order valence-corrected chi connectivity index (χ2v) is 6.67. The Morgan fingerprint density at radius 3 is 2.78 bits per heavy atom. The molecule has 0 spiro atoms. The minimum absolute atomic E-state index is 0.468. The Labute approximate surface area is 160 Å². The molecule has 2 N–H and O–H groups in total. The quantitative estimate of drug-likeness (QED) is 0.522. The molecule has 0 saturated heterocycles. The van der Waals surface area contributed by atoms with Gasteiger partial charge in [-0.25, -0.2) is 0 Å². The fourth-order valence-corrected chi connectivity index (χ4v) is 3.25. The number of carbonyl (C=O) groups is 1. The van der Waals surface area contributed by atoms with Gasteiger partial charge >= 0.3 is 5.97 Å². The van der Waals surface area contributed by atoms with E-state index in [1.54, 1.807) is 0 Å². The van der Waals surface area contributed by atoms with Crippen molar-refractivity contribution in [3.05, 3.63) is 66.7 Å². The maximum Gasteiger partial charge on any atom is 0.310 e. The van der Waals surface area contributed by atoms with Crippen molar-refractivity contribution >= 4 is 17.3 Å². The summed E-state index contributed by atoms with van der Waals surface area (Å²) in [5.41, 5.74) is 3.22. The van der Waals surface area contributed by atoms with Crippen molar-refractivity contribution in [2.45, 2.75) is 12.8 Å². The van der Waals surface area contributed by atoms with E-state index < -0.39 is 11.9 Å². The fourth-order valence-electron chi connectivity index (χ4n) is 3.25. The summed E-state index contributed by atoms with van der Waals surface area (Å²) in [6, 6.07) is 16.1. The smallest absolute Gasteiger partial charge is 0.310 e. The average molecular weight is 366 g/mol. The third-order valence-electron chi connectivity index (χ3n) is 4.77. The molecule has 142 valence electrons. The second kappa shape index (κ2) is 9.12. The summed E-state index contributed by atoms with van der Waals surface area (Å²) in [6.07, 6.45) is 2.97. The first-order chi connectivity index (χ1) is 13.2. The molecule has 0 unspecified atom stereocenters. The standard InChI is InChI=1S/C22H26N2O3/c1-2-18(22(25)26)16-17-8-10-19(11-9-17)23-12-5-13-24-14-15-27-21-7-4-3-6-20(21)24/h2-4,6-11,18,23H,1,5,12-16H2,(H,25,26)/t18-/m1/s1. The van der Waals surface area contributed by atoms with Crippen molar-refractivity contribution in [3.63, 3.8) is 0 Å². The van der Waals surface area contributed by atoms with Crippen LogP contribution in [0.25, 0.3) is 0 Å². The highest BCUT2D eigenvalue weighted by molar-refractivity contribution is 5.72. The van der Waals surface area contributed by atoms with Gasteiger partial charge < -0.3 is 20.1 Å². The first-order valence-corrected chi connectivity index (χ1v) is 9.32. The van der Waals surface area contributed by atoms with Gasteiger partial charge in [0.05, 0.1) is 18.2 Å². The number of nitrogens with zero attached hydrogens (tertiary/aromatic N) is 1. The highest BCUT2D eigenvalue weighted by Crippen LogP contribution is 2.30. The Morgan fingerprint density at radius 1 is 1.26 bits per heavy atom. The Balaban J connectivity index is 1.45. The van der Waals surface area contributed by atoms with Gasteiger partial charge in [-0.1, -0.05) is 30.3 Å². The maximum absolute atomic E-state index is 11.1. The van der Waals surface area contributed by atoms with E-state index in [9.17, 15) is 4.79 Å². The summed E-state index contributed by atoms with van der Waals surface area (Å²) in [6.45, 7) is 7.10. The first kappa shape index (κ1) is 18.8. The minimum atomic E-state index is -0.836. The van der Waals surface area contributed by atoms with Gasteiger partial charge in [0.1, 0.15) is 12.4 Å². The van der Waals surface area contributed by atoms with Gasteiger partial charge in [0.15, 0.2) is 0 Å². The molecule has 1 atom stereocenters. The first-order valence-electron chi connectivity index (χ1n) is 9.32. The lowest BCUT2D eigenvalue weighted by molar-refractivity contribution is -0.140. The summed E-state index contributed by atoms with van der Waals surface area (Å²) >= 11 is 0. The molecule has 0 bridgehead atoms. The van der Waals surface area contributed by atoms with E-state index >= 15 is 0 Å². The lowest BCUT2D eigenvalue weighted by Gasteiger charge is -2.31. The molecule has 0 fully saturated rings. The van der Waals surface area contributed by atoms with Crippen LogP contribution in [0.3, 0.4) is 0 Å². The molecule has 1 aliphatic heterocycles. The van der Waals surface area contributed by atoms with Crippen LogP contribution in [-0.2, 0) is 11.2 Å². The molecule has 1 aliphatic rings. The van der Waals surface area contributed by atoms with Crippen LogP contribution >= 0.6 is 0 Å². The number of rotatable bonds is 9. The van der Waals surface area contributed by atoms with Crippen LogP contribution < -0.4 is 15.0 Å². The van der Waals surface area contributed by atoms with Gasteiger partial charge in [-0.2, -0.15) is 0 Å². The topological polar surface area (TPSA) is 61.8 Å². The minimum Gasteiger partial charge on any atom is -0.490 e. The summed E-state index contributed by atoms with van der Waals surface area (Å²) in [7, 11) is 0. The molecule has 5 nitrogen and oxygen atoms in total. The Hall–Kier alpha value is -2.95. The Morgan fingerprint density at radius 2 is 2.04 bits per heavy atom. The maximum atomic E-state index is 11.1. The predicted octanol–water partition coefficient (Wildman–Crippen LogP) is 3.82. The number of hydrogen-bond acceptors (Lipinski definition) is 4. The van der Waals surface area contributed by atoms with Crippen LogP contribution in [0.15, 0.2) is 61.2 Å². The van der Waals surface area contributed by atoms with E-state index in [0.717, 1.165) is 49.7 Å². The summed E-state index contributed by atoms with van der Waals surface area (Å²) < 4.78 is 5.69. The fraction of sp³-hybridized carbons (Fsp3) is 0.318. The highest BCUT2D eigenvalue weighted by Gasteiger charge is 2.16. The van der Waals surface area contributed by atoms with E-state index in [-0.39, 0.29) is 0 Å². The molecule has 2 aromatic carbocycles. The van der Waals surface area contributed by atoms with E-state index in [1.165, 1.54) is 11.8 Å². The number of anilines is 2. The van der Waals surface area contributed by atoms with Crippen LogP contribution in [0, 0.1) is 5.92 Å². The molecular formula is C22H26N2O3. The SMILES string of the molecule is C=C[C@H](Cc1ccc(NCCCN2CCOc3ccccc32)cc1)C(=O)O. The molecule has 0 aromatic heterocycles. The number of hydrogen-bond donors (Lipinski definition) is 2. The largest absolute Gasteiger partial charge is 0.490 e. The Kier molecular flexibility index (Phi) is 6.36. The molecule has 3 rings (SSSR count). The van der Waals surface area contributed by atoms with Crippen LogP contribution in [0.1, 0.15) is 12.0 Å². The molecule has 27 heavy (non-hydrogen) atoms. The van der Waals surface area contributed by atoms with E-state index in [0.29, 0.717) is 6.42 Å². The summed E-state index contributed by atoms with van der Waals surface area (Å²) in [5, 5.41) is 12.5. The van der Waals surface area contributed by atoms with Crippen molar-refractivity contribution in [2.75, 3.05) is 36.5 Å². The molecule has 0 saturated carbocycles. The predicted molar refractivity (Wildman–Crippen MR) is 109 cm³/mol. The monoisotopic (exact) mass is 366 g/mol. The van der Waals surface area contributed by atoms with Crippen molar-refractivity contribution in [1.29, 1.82) is 0 Å². The van der Waals surface area contributed by atoms with Gasteiger partial charge in [0.2, 0.25) is 0 Å². The molecule has 5 heteroatoms. The van der Waals surface area contributed by atoms with E-state index in [1.807, 2.05) is 42.5 Å². The number of para-hydroxylation sites is 2. The summed E-state index contributed by atoms with van der Waals surface area (Å²) in [5.74, 6) is -0.413. The van der Waals surface area contributed by atoms with Gasteiger partial charge in [-0.3, -0.25) is 4.79 Å². The lowest BCUT2D eigenvalue weighted by Crippen LogP contribution is -2.34. The van der Waals surface area contributed by atoms with Crippen LogP contribution in [0.4, 0.5) is 11.4 Å². The molecule has 0 amide bonds. The van der Waals surface area contributed by atoms with Crippen molar-refractivity contribution in [1.82, 2.24) is 0 Å². The van der Waals surface area contributed by atoms with Crippen LogP contribution in [0.2, 0.25) is 0 Å². The molecular weight excluding hydrogens is 340 g/mol. The normalized spacial score (nSPS) is 14.0. The van der Waals surface area contributed by atoms with Crippen molar-refractivity contribution in [3.8, 4) is 5.75 Å². The van der Waals surface area contributed by atoms with Gasteiger partial charge in [0.25, 0.3) is 0 Å². The van der Waals surface area contributed by atoms with Gasteiger partial charge in [0, 0.05) is 18.8 Å². The number of fused-ring (bicyclic) bond motifs is 1. The van der Waals surface area contributed by atoms with Gasteiger partial charge in [-0.15, -0.1) is 6.58 Å². The number of nitrogens with one attached hydrogen (secondary N) is 1. The zero-order valence-electron chi connectivity index (χ0n) is 15.4. The van der Waals surface area contributed by atoms with Gasteiger partial charge in [-0.05, 0) is 42.7 Å². The number of aliphatic carboxylic acids is 1. The molecule has 2 aromatic rings. The average Bonchev–Trinajstić information content (AvgIpc) is 2.70. The Bertz CT molecular complexity index is 773. The third-order valence-corrected chi connectivity index (χ3v) is 4.77. The van der Waals surface area contributed by atoms with Crippen molar-refractivity contribution < 1.29 is 14.6 Å². The second-order valence-electron chi connectivity index (χ2n) is 6.67. The van der Waals surface area contributed by atoms with Crippen LogP contribution in [-0.4, -0.2) is 37.3 Å². The number of benzene rings is 2. The number of carboxylic acids is 1. The third kappa shape index (κ3) is 5.03. The summed E-state index contributed by atoms with van der Waals surface area (Å²) in [4.78, 5) is 13.5. The molecule has 0 radical (unpaired) electrons. The van der Waals surface area contributed by atoms with Crippen molar-refractivity contribution in [2.24, 2.45) is 5.92 Å². The zero-order valence-corrected chi connectivity index (χ0v) is 15.4. The van der Waals surface area contributed by atoms with E-state index in [4.69, 9.17) is 9.84 Å². The molecule has 1 heterocycles. The number of carboxylic acid groups (broad SMARTS) is 1.